The van der Waals surface area contributed by atoms with Gasteiger partial charge in [0.1, 0.15) is 5.75 Å². The molecule has 0 aliphatic carbocycles. The second-order valence-corrected chi connectivity index (χ2v) is 8.92. The molecule has 0 unspecified atom stereocenters. The van der Waals surface area contributed by atoms with E-state index < -0.39 is 0 Å². The van der Waals surface area contributed by atoms with Crippen LogP contribution in [-0.4, -0.2) is 59.3 Å². The minimum absolute atomic E-state index is 0.0828. The third kappa shape index (κ3) is 5.49. The topological polar surface area (TPSA) is 87.3 Å². The monoisotopic (exact) mass is 452 g/mol. The van der Waals surface area contributed by atoms with Gasteiger partial charge in [-0.05, 0) is 62.2 Å². The smallest absolute Gasteiger partial charge is 0.259 e. The first-order valence-corrected chi connectivity index (χ1v) is 11.9. The first-order valence-electron chi connectivity index (χ1n) is 10.9. The Morgan fingerprint density at radius 1 is 1.19 bits per heavy atom. The summed E-state index contributed by atoms with van der Waals surface area (Å²) in [6, 6.07) is 15.1. The molecule has 32 heavy (non-hydrogen) atoms. The highest BCUT2D eigenvalue weighted by atomic mass is 32.2. The Bertz CT molecular complexity index is 1110. The third-order valence-electron chi connectivity index (χ3n) is 5.70. The maximum absolute atomic E-state index is 12.7. The van der Waals surface area contributed by atoms with E-state index >= 15 is 0 Å². The number of fused-ring (bicyclic) bond motifs is 1. The quantitative estimate of drug-likeness (QED) is 0.310. The summed E-state index contributed by atoms with van der Waals surface area (Å²) in [5, 5.41) is 4.89. The second-order valence-electron chi connectivity index (χ2n) is 7.84. The van der Waals surface area contributed by atoms with Crippen LogP contribution < -0.4 is 15.6 Å². The molecule has 3 aromatic rings. The maximum atomic E-state index is 12.7. The molecule has 2 aromatic carbocycles. The van der Waals surface area contributed by atoms with Gasteiger partial charge in [0, 0.05) is 30.4 Å². The molecule has 0 saturated carbocycles. The van der Waals surface area contributed by atoms with E-state index in [-0.39, 0.29) is 11.5 Å². The maximum Gasteiger partial charge on any atom is 0.259 e. The van der Waals surface area contributed by atoms with Crippen LogP contribution in [0.25, 0.3) is 10.9 Å². The van der Waals surface area contributed by atoms with Gasteiger partial charge in [-0.15, -0.1) is 0 Å². The number of aromatic nitrogens is 2. The number of piperidine rings is 1. The molecule has 1 aliphatic heterocycles. The van der Waals surface area contributed by atoms with E-state index in [0.29, 0.717) is 22.1 Å². The van der Waals surface area contributed by atoms with Crippen molar-refractivity contribution in [1.29, 1.82) is 0 Å². The molecule has 168 valence electrons. The van der Waals surface area contributed by atoms with E-state index in [1.807, 2.05) is 47.4 Å². The Morgan fingerprint density at radius 2 is 1.94 bits per heavy atom. The van der Waals surface area contributed by atoms with Gasteiger partial charge < -0.3 is 19.9 Å². The lowest BCUT2D eigenvalue weighted by Crippen LogP contribution is -2.45. The predicted octanol–water partition coefficient (Wildman–Crippen LogP) is 3.31. The Kier molecular flexibility index (Phi) is 7.44. The molecule has 1 aliphatic rings. The normalized spacial score (nSPS) is 14.6. The lowest BCUT2D eigenvalue weighted by atomic mass is 10.0. The van der Waals surface area contributed by atoms with Crippen LogP contribution in [0.2, 0.25) is 0 Å². The van der Waals surface area contributed by atoms with Crippen LogP contribution in [0.3, 0.4) is 0 Å². The molecule has 1 saturated heterocycles. The number of rotatable bonds is 8. The predicted molar refractivity (Wildman–Crippen MR) is 128 cm³/mol. The zero-order chi connectivity index (χ0) is 22.3. The number of amides is 1. The van der Waals surface area contributed by atoms with Crippen LogP contribution in [0, 0.1) is 0 Å². The van der Waals surface area contributed by atoms with E-state index in [1.165, 1.54) is 0 Å². The van der Waals surface area contributed by atoms with Crippen molar-refractivity contribution < 1.29 is 9.53 Å². The minimum Gasteiger partial charge on any atom is -0.497 e. The van der Waals surface area contributed by atoms with Crippen LogP contribution in [0.15, 0.2) is 58.5 Å². The minimum atomic E-state index is -0.0906. The Balaban J connectivity index is 1.16. The van der Waals surface area contributed by atoms with Gasteiger partial charge in [0.15, 0.2) is 5.16 Å². The molecule has 1 fully saturated rings. The summed E-state index contributed by atoms with van der Waals surface area (Å²) in [5.41, 5.74) is 1.34. The zero-order valence-corrected chi connectivity index (χ0v) is 19.0. The van der Waals surface area contributed by atoms with E-state index in [1.54, 1.807) is 24.9 Å². The molecular weight excluding hydrogens is 424 g/mol. The van der Waals surface area contributed by atoms with E-state index in [0.717, 1.165) is 55.9 Å². The number of aromatic amines is 1. The second kappa shape index (κ2) is 10.7. The van der Waals surface area contributed by atoms with Crippen molar-refractivity contribution in [3.8, 4) is 5.75 Å². The zero-order valence-electron chi connectivity index (χ0n) is 18.2. The summed E-state index contributed by atoms with van der Waals surface area (Å²) in [6.45, 7) is 2.43. The summed E-state index contributed by atoms with van der Waals surface area (Å²) < 4.78 is 5.16. The van der Waals surface area contributed by atoms with Crippen molar-refractivity contribution in [1.82, 2.24) is 20.2 Å². The molecule has 7 nitrogen and oxygen atoms in total. The number of hydrogen-bond donors (Lipinski definition) is 2. The van der Waals surface area contributed by atoms with Gasteiger partial charge in [0.2, 0.25) is 0 Å². The number of para-hydroxylation sites is 1. The number of carbonyl (C=O) groups excluding carboxylic acids is 1. The van der Waals surface area contributed by atoms with Crippen molar-refractivity contribution >= 4 is 28.6 Å². The number of likely N-dealkylation sites (tertiary alicyclic amines) is 1. The summed E-state index contributed by atoms with van der Waals surface area (Å²) in [5.74, 6) is 1.72. The average molecular weight is 453 g/mol. The Morgan fingerprint density at radius 3 is 2.69 bits per heavy atom. The van der Waals surface area contributed by atoms with Gasteiger partial charge in [-0.2, -0.15) is 0 Å². The molecule has 1 amide bonds. The molecule has 0 radical (unpaired) electrons. The lowest BCUT2D eigenvalue weighted by Gasteiger charge is -2.32. The largest absolute Gasteiger partial charge is 0.497 e. The highest BCUT2D eigenvalue weighted by Crippen LogP contribution is 2.18. The van der Waals surface area contributed by atoms with Crippen LogP contribution in [0.5, 0.6) is 5.75 Å². The van der Waals surface area contributed by atoms with E-state index in [9.17, 15) is 9.59 Å². The summed E-state index contributed by atoms with van der Waals surface area (Å²) in [6.07, 6.45) is 2.88. The van der Waals surface area contributed by atoms with Gasteiger partial charge in [-0.25, -0.2) is 4.98 Å². The van der Waals surface area contributed by atoms with Crippen molar-refractivity contribution in [2.75, 3.05) is 32.5 Å². The number of ether oxygens (including phenoxy) is 1. The average Bonchev–Trinajstić information content (AvgIpc) is 2.84. The number of thioether (sulfide) groups is 1. The lowest BCUT2D eigenvalue weighted by molar-refractivity contribution is 0.0705. The Labute approximate surface area is 191 Å². The fourth-order valence-electron chi connectivity index (χ4n) is 3.88. The highest BCUT2D eigenvalue weighted by molar-refractivity contribution is 7.99. The van der Waals surface area contributed by atoms with Crippen LogP contribution in [0.4, 0.5) is 0 Å². The number of hydrogen-bond acceptors (Lipinski definition) is 6. The molecule has 2 heterocycles. The van der Waals surface area contributed by atoms with Crippen molar-refractivity contribution in [3.05, 3.63) is 64.4 Å². The number of benzene rings is 2. The van der Waals surface area contributed by atoms with Crippen LogP contribution >= 0.6 is 11.8 Å². The number of carbonyl (C=O) groups is 1. The van der Waals surface area contributed by atoms with Gasteiger partial charge in [0.25, 0.3) is 11.5 Å². The fourth-order valence-corrected chi connectivity index (χ4v) is 4.69. The molecule has 0 spiro atoms. The van der Waals surface area contributed by atoms with Crippen molar-refractivity contribution in [2.24, 2.45) is 0 Å². The number of nitrogens with zero attached hydrogens (tertiary/aromatic N) is 2. The summed E-state index contributed by atoms with van der Waals surface area (Å²) in [4.78, 5) is 34.1. The van der Waals surface area contributed by atoms with Crippen LogP contribution in [0.1, 0.15) is 29.6 Å². The van der Waals surface area contributed by atoms with Crippen molar-refractivity contribution in [3.63, 3.8) is 0 Å². The summed E-state index contributed by atoms with van der Waals surface area (Å²) in [7, 11) is 1.62. The molecule has 2 N–H and O–H groups in total. The first-order chi connectivity index (χ1) is 15.6. The molecule has 4 rings (SSSR count). The van der Waals surface area contributed by atoms with Gasteiger partial charge in [-0.1, -0.05) is 23.9 Å². The van der Waals surface area contributed by atoms with Crippen molar-refractivity contribution in [2.45, 2.75) is 30.5 Å². The highest BCUT2D eigenvalue weighted by Gasteiger charge is 2.23. The fraction of sp³-hybridized carbons (Fsp3) is 0.375. The molecule has 0 atom stereocenters. The summed E-state index contributed by atoms with van der Waals surface area (Å²) >= 11 is 1.57. The molecule has 0 bridgehead atoms. The van der Waals surface area contributed by atoms with E-state index in [4.69, 9.17) is 4.74 Å². The molecule has 1 aromatic heterocycles. The molecule has 8 heteroatoms. The van der Waals surface area contributed by atoms with Gasteiger partial charge in [-0.3, -0.25) is 9.59 Å². The first kappa shape index (κ1) is 22.4. The Hall–Kier alpha value is -2.84. The SMILES string of the molecule is COc1ccc(C(=O)N2CCC(NCCCSc3nc4ccccc4c(=O)[nH]3)CC2)cc1. The van der Waals surface area contributed by atoms with Gasteiger partial charge in [0.05, 0.1) is 18.0 Å². The number of methoxy groups -OCH3 is 1. The number of nitrogens with one attached hydrogen (secondary N) is 2. The number of H-pyrrole nitrogens is 1. The van der Waals surface area contributed by atoms with Crippen LogP contribution in [-0.2, 0) is 0 Å². The molecular formula is C24H28N4O3S. The standard InChI is InChI=1S/C24H28N4O3S/c1-31-19-9-7-17(8-10-19)23(30)28-14-11-18(12-15-28)25-13-4-16-32-24-26-21-6-3-2-5-20(21)22(29)27-24/h2-3,5-10,18,25H,4,11-16H2,1H3,(H,26,27,29). The van der Waals surface area contributed by atoms with Gasteiger partial charge >= 0.3 is 0 Å². The van der Waals surface area contributed by atoms with E-state index in [2.05, 4.69) is 15.3 Å². The third-order valence-corrected chi connectivity index (χ3v) is 6.66.